The van der Waals surface area contributed by atoms with Crippen molar-refractivity contribution < 1.29 is 8.78 Å². The van der Waals surface area contributed by atoms with Gasteiger partial charge in [0.1, 0.15) is 0 Å². The molecule has 0 heterocycles. The summed E-state index contributed by atoms with van der Waals surface area (Å²) in [6.07, 6.45) is 1.53. The normalized spacial score (nSPS) is 12.4. The minimum Gasteiger partial charge on any atom is -0.316 e. The van der Waals surface area contributed by atoms with Crippen molar-refractivity contribution in [3.05, 3.63) is 70.8 Å². The summed E-state index contributed by atoms with van der Waals surface area (Å²) in [5, 5.41) is 3.24. The third-order valence-corrected chi connectivity index (χ3v) is 3.60. The molecule has 1 nitrogen and oxygen atoms in total. The molecule has 0 aliphatic carbocycles. The van der Waals surface area contributed by atoms with Crippen molar-refractivity contribution in [1.29, 1.82) is 0 Å². The molecule has 2 aromatic rings. The Morgan fingerprint density at radius 1 is 1.00 bits per heavy atom. The number of likely N-dealkylation sites (N-methyl/N-ethyl adjacent to an activating group) is 1. The van der Waals surface area contributed by atoms with Gasteiger partial charge in [-0.3, -0.25) is 0 Å². The quantitative estimate of drug-likeness (QED) is 0.878. The van der Waals surface area contributed by atoms with E-state index in [1.165, 1.54) is 23.3 Å². The van der Waals surface area contributed by atoms with Gasteiger partial charge >= 0.3 is 0 Å². The van der Waals surface area contributed by atoms with Gasteiger partial charge in [-0.15, -0.1) is 0 Å². The number of halogens is 2. The lowest BCUT2D eigenvalue weighted by Gasteiger charge is -2.17. The summed E-state index contributed by atoms with van der Waals surface area (Å²) < 4.78 is 26.2. The van der Waals surface area contributed by atoms with Crippen LogP contribution in [-0.4, -0.2) is 13.1 Å². The van der Waals surface area contributed by atoms with Crippen LogP contribution < -0.4 is 5.32 Å². The zero-order chi connectivity index (χ0) is 14.5. The molecule has 0 amide bonds. The van der Waals surface area contributed by atoms with Gasteiger partial charge in [0.25, 0.3) is 0 Å². The van der Waals surface area contributed by atoms with E-state index in [1.807, 2.05) is 19.2 Å². The van der Waals surface area contributed by atoms with Gasteiger partial charge in [-0.2, -0.15) is 0 Å². The van der Waals surface area contributed by atoms with Crippen molar-refractivity contribution in [1.82, 2.24) is 5.32 Å². The lowest BCUT2D eigenvalue weighted by Crippen LogP contribution is -2.30. The third kappa shape index (κ3) is 3.64. The maximum Gasteiger partial charge on any atom is 0.159 e. The molecule has 20 heavy (non-hydrogen) atoms. The molecule has 0 bridgehead atoms. The molecule has 0 saturated carbocycles. The Morgan fingerprint density at radius 2 is 1.75 bits per heavy atom. The van der Waals surface area contributed by atoms with Gasteiger partial charge in [0.2, 0.25) is 0 Å². The third-order valence-electron chi connectivity index (χ3n) is 3.60. The zero-order valence-electron chi connectivity index (χ0n) is 11.8. The molecule has 2 aromatic carbocycles. The molecule has 0 aromatic heterocycles. The molecule has 0 spiro atoms. The Hall–Kier alpha value is -1.74. The number of rotatable bonds is 5. The van der Waals surface area contributed by atoms with Gasteiger partial charge in [0, 0.05) is 6.04 Å². The Balaban J connectivity index is 2.09. The SMILES string of the molecule is CNC(Cc1ccc(F)c(F)c1)Cc1ccccc1C. The molecule has 0 aliphatic rings. The van der Waals surface area contributed by atoms with Crippen molar-refractivity contribution in [2.24, 2.45) is 0 Å². The zero-order valence-corrected chi connectivity index (χ0v) is 11.8. The number of hydrogen-bond donors (Lipinski definition) is 1. The van der Waals surface area contributed by atoms with E-state index in [-0.39, 0.29) is 6.04 Å². The second-order valence-electron chi connectivity index (χ2n) is 5.07. The van der Waals surface area contributed by atoms with Crippen LogP contribution in [0.3, 0.4) is 0 Å². The van der Waals surface area contributed by atoms with E-state index in [1.54, 1.807) is 6.07 Å². The lowest BCUT2D eigenvalue weighted by molar-refractivity contribution is 0.503. The van der Waals surface area contributed by atoms with Gasteiger partial charge in [0.05, 0.1) is 0 Å². The van der Waals surface area contributed by atoms with Crippen LogP contribution in [0.25, 0.3) is 0 Å². The largest absolute Gasteiger partial charge is 0.316 e. The summed E-state index contributed by atoms with van der Waals surface area (Å²) in [5.41, 5.74) is 3.32. The Kier molecular flexibility index (Phi) is 4.85. The average molecular weight is 275 g/mol. The summed E-state index contributed by atoms with van der Waals surface area (Å²) in [6, 6.07) is 12.5. The minimum atomic E-state index is -0.798. The monoisotopic (exact) mass is 275 g/mol. The van der Waals surface area contributed by atoms with E-state index in [0.29, 0.717) is 6.42 Å². The standard InChI is InChI=1S/C17H19F2N/c1-12-5-3-4-6-14(12)11-15(20-2)9-13-7-8-16(18)17(19)10-13/h3-8,10,15,20H,9,11H2,1-2H3. The van der Waals surface area contributed by atoms with Crippen molar-refractivity contribution in [2.45, 2.75) is 25.8 Å². The Labute approximate surface area is 118 Å². The smallest absolute Gasteiger partial charge is 0.159 e. The highest BCUT2D eigenvalue weighted by Gasteiger charge is 2.11. The minimum absolute atomic E-state index is 0.195. The predicted octanol–water partition coefficient (Wildman–Crippen LogP) is 3.65. The maximum atomic E-state index is 13.2. The van der Waals surface area contributed by atoms with E-state index < -0.39 is 11.6 Å². The molecule has 106 valence electrons. The Morgan fingerprint density at radius 3 is 2.40 bits per heavy atom. The van der Waals surface area contributed by atoms with E-state index in [2.05, 4.69) is 24.4 Å². The van der Waals surface area contributed by atoms with Crippen LogP contribution in [0.4, 0.5) is 8.78 Å². The van der Waals surface area contributed by atoms with Crippen LogP contribution in [0, 0.1) is 18.6 Å². The van der Waals surface area contributed by atoms with Crippen molar-refractivity contribution in [3.63, 3.8) is 0 Å². The molecule has 2 rings (SSSR count). The van der Waals surface area contributed by atoms with E-state index in [9.17, 15) is 8.78 Å². The van der Waals surface area contributed by atoms with Gasteiger partial charge < -0.3 is 5.32 Å². The maximum absolute atomic E-state index is 13.2. The first-order valence-corrected chi connectivity index (χ1v) is 6.76. The molecule has 0 saturated heterocycles. The number of hydrogen-bond acceptors (Lipinski definition) is 1. The molecule has 3 heteroatoms. The van der Waals surface area contributed by atoms with E-state index >= 15 is 0 Å². The molecule has 0 radical (unpaired) electrons. The molecule has 0 fully saturated rings. The second kappa shape index (κ2) is 6.62. The van der Waals surface area contributed by atoms with Crippen LogP contribution in [0.15, 0.2) is 42.5 Å². The summed E-state index contributed by atoms with van der Waals surface area (Å²) in [4.78, 5) is 0. The van der Waals surface area contributed by atoms with E-state index in [4.69, 9.17) is 0 Å². The summed E-state index contributed by atoms with van der Waals surface area (Å²) in [7, 11) is 1.89. The molecule has 1 atom stereocenters. The van der Waals surface area contributed by atoms with Gasteiger partial charge in [-0.1, -0.05) is 30.3 Å². The highest BCUT2D eigenvalue weighted by Crippen LogP contribution is 2.14. The fraction of sp³-hybridized carbons (Fsp3) is 0.294. The van der Waals surface area contributed by atoms with Crippen molar-refractivity contribution in [3.8, 4) is 0 Å². The molecular formula is C17H19F2N. The van der Waals surface area contributed by atoms with Crippen LogP contribution in [-0.2, 0) is 12.8 Å². The molecular weight excluding hydrogens is 256 g/mol. The number of aryl methyl sites for hydroxylation is 1. The van der Waals surface area contributed by atoms with Crippen LogP contribution in [0.2, 0.25) is 0 Å². The summed E-state index contributed by atoms with van der Waals surface area (Å²) >= 11 is 0. The van der Waals surface area contributed by atoms with Crippen LogP contribution in [0.5, 0.6) is 0 Å². The number of nitrogens with one attached hydrogen (secondary N) is 1. The fourth-order valence-corrected chi connectivity index (χ4v) is 2.33. The molecule has 1 unspecified atom stereocenters. The lowest BCUT2D eigenvalue weighted by atomic mass is 9.96. The van der Waals surface area contributed by atoms with Gasteiger partial charge in [-0.05, 0) is 55.6 Å². The first kappa shape index (κ1) is 14.7. The van der Waals surface area contributed by atoms with Crippen LogP contribution >= 0.6 is 0 Å². The highest BCUT2D eigenvalue weighted by molar-refractivity contribution is 5.27. The van der Waals surface area contributed by atoms with Crippen molar-refractivity contribution in [2.75, 3.05) is 7.05 Å². The van der Waals surface area contributed by atoms with Crippen molar-refractivity contribution >= 4 is 0 Å². The topological polar surface area (TPSA) is 12.0 Å². The predicted molar refractivity (Wildman–Crippen MR) is 77.8 cm³/mol. The van der Waals surface area contributed by atoms with Gasteiger partial charge in [0.15, 0.2) is 11.6 Å². The first-order valence-electron chi connectivity index (χ1n) is 6.76. The molecule has 0 aliphatic heterocycles. The summed E-state index contributed by atoms with van der Waals surface area (Å²) in [6.45, 7) is 2.08. The second-order valence-corrected chi connectivity index (χ2v) is 5.07. The summed E-state index contributed by atoms with van der Waals surface area (Å²) in [5.74, 6) is -1.58. The van der Waals surface area contributed by atoms with Crippen LogP contribution in [0.1, 0.15) is 16.7 Å². The Bertz CT molecular complexity index is 581. The first-order chi connectivity index (χ1) is 9.60. The van der Waals surface area contributed by atoms with Gasteiger partial charge in [-0.25, -0.2) is 8.78 Å². The highest BCUT2D eigenvalue weighted by atomic mass is 19.2. The molecule has 1 N–H and O–H groups in total. The van der Waals surface area contributed by atoms with E-state index in [0.717, 1.165) is 12.0 Å². The average Bonchev–Trinajstić information content (AvgIpc) is 2.44. The number of benzene rings is 2. The fourth-order valence-electron chi connectivity index (χ4n) is 2.33.